The Hall–Kier alpha value is -1.74. The standard InChI is InChI=1S/C12H11ClF3N3O2S/c1-2-19-7-9(6-17-19)22(20,21)18-11-5-8(12(14,15)16)3-4-10(11)13/h3-7,18H,2H2,1H3. The molecule has 0 saturated carbocycles. The molecule has 0 aliphatic heterocycles. The molecular formula is C12H11ClF3N3O2S. The van der Waals surface area contributed by atoms with E-state index in [9.17, 15) is 21.6 Å². The largest absolute Gasteiger partial charge is 0.416 e. The maximum atomic E-state index is 12.7. The first-order chi connectivity index (χ1) is 10.1. The smallest absolute Gasteiger partial charge is 0.278 e. The van der Waals surface area contributed by atoms with Crippen molar-refractivity contribution in [1.82, 2.24) is 9.78 Å². The highest BCUT2D eigenvalue weighted by atomic mass is 35.5. The zero-order valence-corrected chi connectivity index (χ0v) is 12.8. The molecule has 0 aliphatic carbocycles. The lowest BCUT2D eigenvalue weighted by Crippen LogP contribution is -2.14. The number of benzene rings is 1. The van der Waals surface area contributed by atoms with Gasteiger partial charge in [0.2, 0.25) is 0 Å². The quantitative estimate of drug-likeness (QED) is 0.916. The summed E-state index contributed by atoms with van der Waals surface area (Å²) in [6, 6.07) is 2.40. The van der Waals surface area contributed by atoms with Crippen LogP contribution in [0.4, 0.5) is 18.9 Å². The van der Waals surface area contributed by atoms with E-state index < -0.39 is 21.8 Å². The van der Waals surface area contributed by atoms with Gasteiger partial charge in [-0.05, 0) is 25.1 Å². The summed E-state index contributed by atoms with van der Waals surface area (Å²) in [7, 11) is -4.07. The van der Waals surface area contributed by atoms with E-state index in [1.807, 2.05) is 4.72 Å². The lowest BCUT2D eigenvalue weighted by atomic mass is 10.2. The number of nitrogens with one attached hydrogen (secondary N) is 1. The molecule has 10 heteroatoms. The van der Waals surface area contributed by atoms with Gasteiger partial charge in [0.25, 0.3) is 10.0 Å². The summed E-state index contributed by atoms with van der Waals surface area (Å²) < 4.78 is 65.7. The summed E-state index contributed by atoms with van der Waals surface area (Å²) in [5, 5.41) is 3.67. The Morgan fingerprint density at radius 1 is 1.36 bits per heavy atom. The van der Waals surface area contributed by atoms with Gasteiger partial charge in [-0.25, -0.2) is 8.42 Å². The van der Waals surface area contributed by atoms with E-state index >= 15 is 0 Å². The zero-order valence-electron chi connectivity index (χ0n) is 11.2. The minimum Gasteiger partial charge on any atom is -0.278 e. The summed E-state index contributed by atoms with van der Waals surface area (Å²) in [5.41, 5.74) is -1.35. The molecule has 0 radical (unpaired) electrons. The summed E-state index contributed by atoms with van der Waals surface area (Å²) in [6.45, 7) is 2.22. The van der Waals surface area contributed by atoms with E-state index in [-0.39, 0.29) is 15.6 Å². The Labute approximate surface area is 129 Å². The fraction of sp³-hybridized carbons (Fsp3) is 0.250. The van der Waals surface area contributed by atoms with Crippen molar-refractivity contribution in [2.24, 2.45) is 0 Å². The van der Waals surface area contributed by atoms with Crippen LogP contribution in [0.1, 0.15) is 12.5 Å². The minimum atomic E-state index is -4.60. The second-order valence-electron chi connectivity index (χ2n) is 4.33. The third-order valence-corrected chi connectivity index (χ3v) is 4.43. The molecule has 1 aromatic heterocycles. The molecule has 0 aliphatic rings. The van der Waals surface area contributed by atoms with Gasteiger partial charge in [0.15, 0.2) is 0 Å². The monoisotopic (exact) mass is 353 g/mol. The molecule has 2 aromatic rings. The topological polar surface area (TPSA) is 64.0 Å². The van der Waals surface area contributed by atoms with E-state index in [0.717, 1.165) is 18.3 Å². The van der Waals surface area contributed by atoms with Crippen LogP contribution in [0.5, 0.6) is 0 Å². The van der Waals surface area contributed by atoms with Crippen LogP contribution in [0.3, 0.4) is 0 Å². The number of nitrogens with zero attached hydrogens (tertiary/aromatic N) is 2. The first-order valence-corrected chi connectivity index (χ1v) is 7.91. The van der Waals surface area contributed by atoms with E-state index in [0.29, 0.717) is 12.6 Å². The summed E-state index contributed by atoms with van der Waals surface area (Å²) in [5.74, 6) is 0. The van der Waals surface area contributed by atoms with Gasteiger partial charge >= 0.3 is 6.18 Å². The van der Waals surface area contributed by atoms with Crippen LogP contribution in [-0.4, -0.2) is 18.2 Å². The summed E-state index contributed by atoms with van der Waals surface area (Å²) >= 11 is 5.76. The Morgan fingerprint density at radius 3 is 2.59 bits per heavy atom. The van der Waals surface area contributed by atoms with Crippen molar-refractivity contribution in [3.05, 3.63) is 41.2 Å². The average Bonchev–Trinajstić information content (AvgIpc) is 2.89. The highest BCUT2D eigenvalue weighted by Crippen LogP contribution is 2.34. The van der Waals surface area contributed by atoms with Gasteiger partial charge in [-0.3, -0.25) is 9.40 Å². The first-order valence-electron chi connectivity index (χ1n) is 6.05. The third-order valence-electron chi connectivity index (χ3n) is 2.78. The Bertz CT molecular complexity index is 787. The van der Waals surface area contributed by atoms with E-state index in [1.165, 1.54) is 10.9 Å². The van der Waals surface area contributed by atoms with E-state index in [1.54, 1.807) is 6.92 Å². The number of aryl methyl sites for hydroxylation is 1. The highest BCUT2D eigenvalue weighted by Gasteiger charge is 2.31. The molecular weight excluding hydrogens is 343 g/mol. The Morgan fingerprint density at radius 2 is 2.05 bits per heavy atom. The summed E-state index contributed by atoms with van der Waals surface area (Å²) in [6.07, 6.45) is -2.23. The van der Waals surface area contributed by atoms with Crippen molar-refractivity contribution in [3.63, 3.8) is 0 Å². The van der Waals surface area contributed by atoms with E-state index in [2.05, 4.69) is 5.10 Å². The molecule has 2 rings (SSSR count). The average molecular weight is 354 g/mol. The highest BCUT2D eigenvalue weighted by molar-refractivity contribution is 7.92. The van der Waals surface area contributed by atoms with Gasteiger partial charge in [0.1, 0.15) is 4.90 Å². The van der Waals surface area contributed by atoms with Crippen molar-refractivity contribution in [3.8, 4) is 0 Å². The van der Waals surface area contributed by atoms with Crippen molar-refractivity contribution < 1.29 is 21.6 Å². The number of sulfonamides is 1. The molecule has 5 nitrogen and oxygen atoms in total. The zero-order chi connectivity index (χ0) is 16.5. The van der Waals surface area contributed by atoms with Gasteiger partial charge in [-0.1, -0.05) is 11.6 Å². The van der Waals surface area contributed by atoms with Crippen molar-refractivity contribution in [1.29, 1.82) is 0 Å². The van der Waals surface area contributed by atoms with Gasteiger partial charge in [0, 0.05) is 12.7 Å². The van der Waals surface area contributed by atoms with Crippen molar-refractivity contribution in [2.45, 2.75) is 24.5 Å². The second-order valence-corrected chi connectivity index (χ2v) is 6.42. The third kappa shape index (κ3) is 3.53. The maximum Gasteiger partial charge on any atom is 0.416 e. The molecule has 1 N–H and O–H groups in total. The lowest BCUT2D eigenvalue weighted by molar-refractivity contribution is -0.137. The Balaban J connectivity index is 2.37. The fourth-order valence-corrected chi connectivity index (χ4v) is 2.88. The maximum absolute atomic E-state index is 12.7. The molecule has 1 heterocycles. The lowest BCUT2D eigenvalue weighted by Gasteiger charge is -2.12. The molecule has 0 atom stereocenters. The first kappa shape index (κ1) is 16.6. The number of hydrogen-bond acceptors (Lipinski definition) is 3. The molecule has 1 aromatic carbocycles. The number of hydrogen-bond donors (Lipinski definition) is 1. The molecule has 120 valence electrons. The van der Waals surface area contributed by atoms with Crippen LogP contribution in [-0.2, 0) is 22.7 Å². The molecule has 0 unspecified atom stereocenters. The van der Waals surface area contributed by atoms with Crippen LogP contribution in [0.15, 0.2) is 35.5 Å². The SMILES string of the molecule is CCn1cc(S(=O)(=O)Nc2cc(C(F)(F)F)ccc2Cl)cn1. The second kappa shape index (κ2) is 5.81. The molecule has 0 amide bonds. The van der Waals surface area contributed by atoms with Crippen LogP contribution in [0.25, 0.3) is 0 Å². The van der Waals surface area contributed by atoms with E-state index in [4.69, 9.17) is 11.6 Å². The van der Waals surface area contributed by atoms with Crippen molar-refractivity contribution >= 4 is 27.3 Å². The predicted octanol–water partition coefficient (Wildman–Crippen LogP) is 3.38. The summed E-state index contributed by atoms with van der Waals surface area (Å²) in [4.78, 5) is -0.164. The van der Waals surface area contributed by atoms with Crippen LogP contribution in [0, 0.1) is 0 Å². The van der Waals surface area contributed by atoms with Crippen LogP contribution < -0.4 is 4.72 Å². The number of aromatic nitrogens is 2. The number of alkyl halides is 3. The van der Waals surface area contributed by atoms with Gasteiger partial charge in [-0.2, -0.15) is 18.3 Å². The normalized spacial score (nSPS) is 12.4. The van der Waals surface area contributed by atoms with Gasteiger partial charge < -0.3 is 0 Å². The number of anilines is 1. The van der Waals surface area contributed by atoms with Gasteiger partial charge in [-0.15, -0.1) is 0 Å². The number of rotatable bonds is 4. The minimum absolute atomic E-state index is 0.139. The van der Waals surface area contributed by atoms with Gasteiger partial charge in [0.05, 0.1) is 22.5 Å². The molecule has 0 bridgehead atoms. The Kier molecular flexibility index (Phi) is 4.39. The predicted molar refractivity (Wildman–Crippen MR) is 75.2 cm³/mol. The van der Waals surface area contributed by atoms with Crippen LogP contribution in [0.2, 0.25) is 5.02 Å². The molecule has 0 spiro atoms. The molecule has 0 fully saturated rings. The van der Waals surface area contributed by atoms with Crippen LogP contribution >= 0.6 is 11.6 Å². The fourth-order valence-electron chi connectivity index (χ4n) is 1.64. The van der Waals surface area contributed by atoms with Crippen molar-refractivity contribution in [2.75, 3.05) is 4.72 Å². The molecule has 22 heavy (non-hydrogen) atoms. The molecule has 0 saturated heterocycles. The number of halogens is 4.